The Morgan fingerprint density at radius 2 is 1.68 bits per heavy atom. The number of ketones is 2. The predicted molar refractivity (Wildman–Crippen MR) is 111 cm³/mol. The van der Waals surface area contributed by atoms with Gasteiger partial charge in [-0.1, -0.05) is 48.0 Å². The summed E-state index contributed by atoms with van der Waals surface area (Å²) in [6.07, 6.45) is -0.973. The molecule has 3 aromatic rings. The van der Waals surface area contributed by atoms with Crippen LogP contribution in [0.3, 0.4) is 0 Å². The molecule has 6 heteroatoms. The molecule has 0 unspecified atom stereocenters. The zero-order chi connectivity index (χ0) is 20.1. The lowest BCUT2D eigenvalue weighted by molar-refractivity contribution is 0.0872. The molecule has 0 radical (unpaired) electrons. The third-order valence-corrected chi connectivity index (χ3v) is 5.07. The number of anilines is 1. The maximum Gasteiger partial charge on any atom is 0.263 e. The molecule has 1 amide bonds. The summed E-state index contributed by atoms with van der Waals surface area (Å²) >= 11 is 1.30. The molecule has 0 fully saturated rings. The molecular weight excluding hydrogens is 372 g/mol. The van der Waals surface area contributed by atoms with Gasteiger partial charge in [-0.05, 0) is 37.4 Å². The normalized spacial score (nSPS) is 11.5. The second kappa shape index (κ2) is 8.63. The van der Waals surface area contributed by atoms with Gasteiger partial charge in [-0.25, -0.2) is 0 Å². The lowest BCUT2D eigenvalue weighted by Gasteiger charge is -2.20. The average molecular weight is 392 g/mol. The number of amides is 1. The molecule has 142 valence electrons. The summed E-state index contributed by atoms with van der Waals surface area (Å²) in [5, 5.41) is 7.61. The lowest BCUT2D eigenvalue weighted by atomic mass is 10.1. The van der Waals surface area contributed by atoms with E-state index in [2.05, 4.69) is 10.6 Å². The van der Waals surface area contributed by atoms with E-state index in [4.69, 9.17) is 0 Å². The van der Waals surface area contributed by atoms with E-state index in [0.717, 1.165) is 5.56 Å². The fourth-order valence-corrected chi connectivity index (χ4v) is 3.28. The Bertz CT molecular complexity index is 995. The number of hydrogen-bond acceptors (Lipinski definition) is 5. The fraction of sp³-hybridized carbons (Fsp3) is 0.136. The number of benzene rings is 2. The molecule has 0 bridgehead atoms. The van der Waals surface area contributed by atoms with Crippen LogP contribution < -0.4 is 10.6 Å². The summed E-state index contributed by atoms with van der Waals surface area (Å²) < 4.78 is 0. The van der Waals surface area contributed by atoms with Crippen molar-refractivity contribution in [3.63, 3.8) is 0 Å². The van der Waals surface area contributed by atoms with Gasteiger partial charge in [-0.2, -0.15) is 0 Å². The average Bonchev–Trinajstić information content (AvgIpc) is 3.22. The largest absolute Gasteiger partial charge is 0.359 e. The van der Waals surface area contributed by atoms with Gasteiger partial charge in [0.25, 0.3) is 5.91 Å². The number of hydrogen-bond donors (Lipinski definition) is 2. The van der Waals surface area contributed by atoms with Gasteiger partial charge in [0.05, 0.1) is 4.88 Å². The predicted octanol–water partition coefficient (Wildman–Crippen LogP) is 4.31. The molecule has 0 aliphatic carbocycles. The summed E-state index contributed by atoms with van der Waals surface area (Å²) in [4.78, 5) is 37.7. The molecule has 28 heavy (non-hydrogen) atoms. The van der Waals surface area contributed by atoms with Crippen LogP contribution in [0.15, 0.2) is 66.0 Å². The number of thiophene rings is 1. The van der Waals surface area contributed by atoms with Crippen molar-refractivity contribution in [3.8, 4) is 0 Å². The van der Waals surface area contributed by atoms with Crippen LogP contribution in [0.5, 0.6) is 0 Å². The molecule has 1 heterocycles. The first-order valence-corrected chi connectivity index (χ1v) is 9.65. The first-order chi connectivity index (χ1) is 13.4. The molecule has 0 spiro atoms. The first kappa shape index (κ1) is 19.5. The molecule has 0 saturated heterocycles. The third-order valence-electron chi connectivity index (χ3n) is 4.20. The highest BCUT2D eigenvalue weighted by molar-refractivity contribution is 7.12. The minimum absolute atomic E-state index is 0.0762. The Hall–Kier alpha value is -3.25. The third kappa shape index (κ3) is 4.72. The van der Waals surface area contributed by atoms with Crippen molar-refractivity contribution in [2.75, 3.05) is 5.32 Å². The summed E-state index contributed by atoms with van der Waals surface area (Å²) in [6.45, 7) is 3.42. The maximum absolute atomic E-state index is 13.0. The molecule has 0 aliphatic rings. The first-order valence-electron chi connectivity index (χ1n) is 8.77. The smallest absolute Gasteiger partial charge is 0.263 e. The van der Waals surface area contributed by atoms with Crippen molar-refractivity contribution >= 4 is 34.5 Å². The number of carbonyl (C=O) groups excluding carboxylic acids is 3. The second-order valence-corrected chi connectivity index (χ2v) is 7.34. The lowest BCUT2D eigenvalue weighted by Crippen LogP contribution is -2.46. The van der Waals surface area contributed by atoms with Gasteiger partial charge in [0.15, 0.2) is 11.9 Å². The Kier molecular flexibility index (Phi) is 6.01. The van der Waals surface area contributed by atoms with E-state index >= 15 is 0 Å². The number of aryl methyl sites for hydroxylation is 1. The van der Waals surface area contributed by atoms with Gasteiger partial charge in [0.1, 0.15) is 0 Å². The minimum atomic E-state index is -0.973. The van der Waals surface area contributed by atoms with Crippen LogP contribution in [0.4, 0.5) is 5.69 Å². The molecule has 2 N–H and O–H groups in total. The van der Waals surface area contributed by atoms with Crippen LogP contribution in [-0.4, -0.2) is 23.6 Å². The molecule has 5 nitrogen and oxygen atoms in total. The van der Waals surface area contributed by atoms with Crippen LogP contribution in [0.2, 0.25) is 0 Å². The van der Waals surface area contributed by atoms with E-state index in [1.165, 1.54) is 18.3 Å². The number of carbonyl (C=O) groups is 3. The highest BCUT2D eigenvalue weighted by Gasteiger charge is 2.23. The van der Waals surface area contributed by atoms with Crippen molar-refractivity contribution in [3.05, 3.63) is 87.6 Å². The van der Waals surface area contributed by atoms with Crippen molar-refractivity contribution in [1.82, 2.24) is 5.32 Å². The van der Waals surface area contributed by atoms with Crippen molar-refractivity contribution in [1.29, 1.82) is 0 Å². The Morgan fingerprint density at radius 1 is 0.929 bits per heavy atom. The summed E-state index contributed by atoms with van der Waals surface area (Å²) in [6, 6.07) is 17.5. The Balaban J connectivity index is 1.88. The number of Topliss-reactive ketones (excluding diaryl/α,β-unsaturated/α-hetero) is 2. The Labute approximate surface area is 167 Å². The van der Waals surface area contributed by atoms with Crippen LogP contribution in [0.25, 0.3) is 0 Å². The molecule has 0 saturated carbocycles. The SMILES string of the molecule is CC(=O)c1cccc(N[C@@H](NC(=O)c2cccs2)C(=O)c2ccc(C)cc2)c1. The van der Waals surface area contributed by atoms with Crippen LogP contribution in [-0.2, 0) is 0 Å². The van der Waals surface area contributed by atoms with Gasteiger partial charge >= 0.3 is 0 Å². The summed E-state index contributed by atoms with van der Waals surface area (Å²) in [5.41, 5.74) is 2.62. The Morgan fingerprint density at radius 3 is 2.32 bits per heavy atom. The van der Waals surface area contributed by atoms with Gasteiger partial charge in [-0.3, -0.25) is 14.4 Å². The van der Waals surface area contributed by atoms with Gasteiger partial charge < -0.3 is 10.6 Å². The fourth-order valence-electron chi connectivity index (χ4n) is 2.66. The van der Waals surface area contributed by atoms with Gasteiger partial charge in [-0.15, -0.1) is 11.3 Å². The minimum Gasteiger partial charge on any atom is -0.359 e. The van der Waals surface area contributed by atoms with E-state index in [1.807, 2.05) is 19.1 Å². The van der Waals surface area contributed by atoms with E-state index < -0.39 is 6.17 Å². The monoisotopic (exact) mass is 392 g/mol. The van der Waals surface area contributed by atoms with Gasteiger partial charge in [0, 0.05) is 16.8 Å². The van der Waals surface area contributed by atoms with Crippen molar-refractivity contribution in [2.24, 2.45) is 0 Å². The van der Waals surface area contributed by atoms with Crippen molar-refractivity contribution < 1.29 is 14.4 Å². The highest BCUT2D eigenvalue weighted by atomic mass is 32.1. The second-order valence-electron chi connectivity index (χ2n) is 6.40. The van der Waals surface area contributed by atoms with E-state index in [-0.39, 0.29) is 17.5 Å². The van der Waals surface area contributed by atoms with Gasteiger partial charge in [0.2, 0.25) is 5.78 Å². The standard InChI is InChI=1S/C22H20N2O3S/c1-14-8-10-16(11-9-14)20(26)21(24-22(27)19-7-4-12-28-19)23-18-6-3-5-17(13-18)15(2)25/h3-13,21,23H,1-2H3,(H,24,27)/t21-/m0/s1. The van der Waals surface area contributed by atoms with Crippen LogP contribution in [0, 0.1) is 6.92 Å². The van der Waals surface area contributed by atoms with Crippen molar-refractivity contribution in [2.45, 2.75) is 20.0 Å². The topological polar surface area (TPSA) is 75.3 Å². The van der Waals surface area contributed by atoms with Crippen LogP contribution >= 0.6 is 11.3 Å². The zero-order valence-electron chi connectivity index (χ0n) is 15.6. The summed E-state index contributed by atoms with van der Waals surface area (Å²) in [5.74, 6) is -0.679. The number of nitrogens with one attached hydrogen (secondary N) is 2. The van der Waals surface area contributed by atoms with E-state index in [1.54, 1.807) is 53.9 Å². The molecule has 0 aliphatic heterocycles. The quantitative estimate of drug-likeness (QED) is 0.464. The molecule has 3 rings (SSSR count). The zero-order valence-corrected chi connectivity index (χ0v) is 16.4. The highest BCUT2D eigenvalue weighted by Crippen LogP contribution is 2.15. The van der Waals surface area contributed by atoms with E-state index in [0.29, 0.717) is 21.7 Å². The van der Waals surface area contributed by atoms with Crippen LogP contribution in [0.1, 0.15) is 42.9 Å². The molecule has 2 aromatic carbocycles. The molecule has 1 atom stereocenters. The summed E-state index contributed by atoms with van der Waals surface area (Å²) in [7, 11) is 0. The molecular formula is C22H20N2O3S. The maximum atomic E-state index is 13.0. The number of rotatable bonds is 7. The van der Waals surface area contributed by atoms with E-state index in [9.17, 15) is 14.4 Å². The molecule has 1 aromatic heterocycles.